The lowest BCUT2D eigenvalue weighted by molar-refractivity contribution is 0.438. The van der Waals surface area contributed by atoms with E-state index in [1.54, 1.807) is 6.33 Å². The molecule has 0 amide bonds. The van der Waals surface area contributed by atoms with Gasteiger partial charge in [-0.2, -0.15) is 4.98 Å². The van der Waals surface area contributed by atoms with Crippen molar-refractivity contribution in [3.8, 4) is 17.1 Å². The summed E-state index contributed by atoms with van der Waals surface area (Å²) in [4.78, 5) is 14.1. The third-order valence-electron chi connectivity index (χ3n) is 3.22. The fraction of sp³-hybridized carbons (Fsp3) is 0. The normalized spacial score (nSPS) is 11.4. The van der Waals surface area contributed by atoms with Gasteiger partial charge in [0.1, 0.15) is 0 Å². The largest absolute Gasteiger partial charge is 0.480 e. The number of aromatic nitrogens is 4. The van der Waals surface area contributed by atoms with Crippen LogP contribution in [0.4, 0.5) is 0 Å². The second-order valence-electron chi connectivity index (χ2n) is 4.43. The van der Waals surface area contributed by atoms with Crippen molar-refractivity contribution in [1.29, 1.82) is 0 Å². The van der Waals surface area contributed by atoms with Crippen molar-refractivity contribution < 1.29 is 5.11 Å². The molecule has 0 atom stereocenters. The topological polar surface area (TPSA) is 77.6 Å². The lowest BCUT2D eigenvalue weighted by atomic mass is 10.0. The minimum absolute atomic E-state index is 0.0591. The molecule has 92 valence electrons. The molecule has 0 spiro atoms. The molecule has 0 unspecified atom stereocenters. The molecule has 0 aliphatic heterocycles. The lowest BCUT2D eigenvalue weighted by Crippen LogP contribution is -1.79. The van der Waals surface area contributed by atoms with Gasteiger partial charge in [0.2, 0.25) is 0 Å². The zero-order chi connectivity index (χ0) is 12.8. The highest BCUT2D eigenvalue weighted by atomic mass is 16.3. The quantitative estimate of drug-likeness (QED) is 0.486. The van der Waals surface area contributed by atoms with Crippen molar-refractivity contribution in [3.05, 3.63) is 42.7 Å². The van der Waals surface area contributed by atoms with Crippen LogP contribution in [-0.4, -0.2) is 25.0 Å². The molecule has 0 radical (unpaired) electrons. The molecule has 2 heterocycles. The minimum atomic E-state index is -0.0591. The van der Waals surface area contributed by atoms with E-state index >= 15 is 0 Å². The Morgan fingerprint density at radius 3 is 2.68 bits per heavy atom. The van der Waals surface area contributed by atoms with Crippen LogP contribution >= 0.6 is 0 Å². The Bertz CT molecular complexity index is 891. The van der Waals surface area contributed by atoms with Gasteiger partial charge >= 0.3 is 0 Å². The number of aromatic hydroxyl groups is 1. The zero-order valence-electron chi connectivity index (χ0n) is 9.88. The van der Waals surface area contributed by atoms with E-state index in [0.717, 1.165) is 33.2 Å². The zero-order valence-corrected chi connectivity index (χ0v) is 9.88. The molecule has 2 aromatic heterocycles. The number of H-pyrrole nitrogens is 2. The Labute approximate surface area is 108 Å². The summed E-state index contributed by atoms with van der Waals surface area (Å²) in [6.45, 7) is 0. The first-order valence-corrected chi connectivity index (χ1v) is 5.92. The Balaban J connectivity index is 1.91. The average molecular weight is 250 g/mol. The predicted molar refractivity (Wildman–Crippen MR) is 72.8 cm³/mol. The fourth-order valence-corrected chi connectivity index (χ4v) is 2.29. The summed E-state index contributed by atoms with van der Waals surface area (Å²) in [5, 5.41) is 9.35. The van der Waals surface area contributed by atoms with E-state index in [9.17, 15) is 5.11 Å². The molecule has 3 N–H and O–H groups in total. The number of hydrogen-bond acceptors (Lipinski definition) is 3. The maximum Gasteiger partial charge on any atom is 0.292 e. The third-order valence-corrected chi connectivity index (χ3v) is 3.22. The van der Waals surface area contributed by atoms with E-state index in [4.69, 9.17) is 0 Å². The summed E-state index contributed by atoms with van der Waals surface area (Å²) >= 11 is 0. The highest BCUT2D eigenvalue weighted by Gasteiger charge is 2.05. The van der Waals surface area contributed by atoms with Crippen LogP contribution < -0.4 is 0 Å². The van der Waals surface area contributed by atoms with Gasteiger partial charge in [0.05, 0.1) is 28.4 Å². The standard InChI is InChI=1S/C14H10N4O/c19-14-17-11-4-2-9(6-13(11)18-14)8-1-3-10-12(5-8)16-7-15-10/h1-7H,(H,15,16)(H2,17,18,19). The number of aromatic amines is 2. The molecular weight excluding hydrogens is 240 g/mol. The van der Waals surface area contributed by atoms with E-state index in [0.29, 0.717) is 0 Å². The van der Waals surface area contributed by atoms with Crippen LogP contribution in [0.3, 0.4) is 0 Å². The van der Waals surface area contributed by atoms with Crippen molar-refractivity contribution >= 4 is 22.1 Å². The van der Waals surface area contributed by atoms with Crippen LogP contribution in [0.15, 0.2) is 42.7 Å². The number of imidazole rings is 2. The second-order valence-corrected chi connectivity index (χ2v) is 4.43. The molecule has 2 aromatic carbocycles. The maximum atomic E-state index is 9.35. The Morgan fingerprint density at radius 1 is 0.895 bits per heavy atom. The van der Waals surface area contributed by atoms with Crippen molar-refractivity contribution in [2.75, 3.05) is 0 Å². The molecule has 5 nitrogen and oxygen atoms in total. The highest BCUT2D eigenvalue weighted by molar-refractivity contribution is 5.86. The molecular formula is C14H10N4O. The number of fused-ring (bicyclic) bond motifs is 2. The highest BCUT2D eigenvalue weighted by Crippen LogP contribution is 2.26. The van der Waals surface area contributed by atoms with E-state index in [1.165, 1.54) is 0 Å². The van der Waals surface area contributed by atoms with Gasteiger partial charge in [-0.1, -0.05) is 12.1 Å². The molecule has 0 aliphatic rings. The number of nitrogens with zero attached hydrogens (tertiary/aromatic N) is 2. The summed E-state index contributed by atoms with van der Waals surface area (Å²) in [6, 6.07) is 11.9. The van der Waals surface area contributed by atoms with Gasteiger partial charge in [-0.15, -0.1) is 0 Å². The summed E-state index contributed by atoms with van der Waals surface area (Å²) < 4.78 is 0. The average Bonchev–Trinajstić information content (AvgIpc) is 3.01. The molecule has 4 aromatic rings. The van der Waals surface area contributed by atoms with Crippen molar-refractivity contribution in [2.24, 2.45) is 0 Å². The summed E-state index contributed by atoms with van der Waals surface area (Å²) in [6.07, 6.45) is 1.68. The maximum absolute atomic E-state index is 9.35. The lowest BCUT2D eigenvalue weighted by Gasteiger charge is -2.01. The number of hydrogen-bond donors (Lipinski definition) is 3. The minimum Gasteiger partial charge on any atom is -0.480 e. The van der Waals surface area contributed by atoms with Gasteiger partial charge in [-0.05, 0) is 35.4 Å². The molecule has 0 bridgehead atoms. The summed E-state index contributed by atoms with van der Waals surface area (Å²) in [7, 11) is 0. The number of rotatable bonds is 1. The Morgan fingerprint density at radius 2 is 1.74 bits per heavy atom. The van der Waals surface area contributed by atoms with Crippen LogP contribution in [0.1, 0.15) is 0 Å². The molecule has 0 aliphatic carbocycles. The smallest absolute Gasteiger partial charge is 0.292 e. The Kier molecular flexibility index (Phi) is 1.91. The van der Waals surface area contributed by atoms with Crippen molar-refractivity contribution in [3.63, 3.8) is 0 Å². The first kappa shape index (κ1) is 10.1. The number of benzene rings is 2. The van der Waals surface area contributed by atoms with Gasteiger partial charge in [0.25, 0.3) is 6.01 Å². The van der Waals surface area contributed by atoms with Gasteiger partial charge in [-0.25, -0.2) is 4.98 Å². The van der Waals surface area contributed by atoms with E-state index in [-0.39, 0.29) is 6.01 Å². The fourth-order valence-electron chi connectivity index (χ4n) is 2.29. The van der Waals surface area contributed by atoms with Gasteiger partial charge in [0.15, 0.2) is 0 Å². The first-order chi connectivity index (χ1) is 9.29. The van der Waals surface area contributed by atoms with E-state index in [2.05, 4.69) is 26.0 Å². The molecule has 4 rings (SSSR count). The van der Waals surface area contributed by atoms with Crippen molar-refractivity contribution in [1.82, 2.24) is 19.9 Å². The second kappa shape index (κ2) is 3.58. The first-order valence-electron chi connectivity index (χ1n) is 5.92. The molecule has 0 fully saturated rings. The van der Waals surface area contributed by atoms with Crippen LogP contribution in [0.25, 0.3) is 33.2 Å². The van der Waals surface area contributed by atoms with Crippen LogP contribution in [0.5, 0.6) is 6.01 Å². The van der Waals surface area contributed by atoms with Gasteiger partial charge < -0.3 is 15.1 Å². The van der Waals surface area contributed by atoms with E-state index in [1.807, 2.05) is 30.3 Å². The van der Waals surface area contributed by atoms with Gasteiger partial charge in [-0.3, -0.25) is 0 Å². The molecule has 0 saturated heterocycles. The monoisotopic (exact) mass is 250 g/mol. The predicted octanol–water partition coefficient (Wildman–Crippen LogP) is 2.81. The third kappa shape index (κ3) is 1.55. The van der Waals surface area contributed by atoms with Gasteiger partial charge in [0, 0.05) is 0 Å². The van der Waals surface area contributed by atoms with Crippen LogP contribution in [0, 0.1) is 0 Å². The molecule has 0 saturated carbocycles. The molecule has 5 heteroatoms. The Hall–Kier alpha value is -2.82. The summed E-state index contributed by atoms with van der Waals surface area (Å²) in [5.41, 5.74) is 5.66. The molecule has 19 heavy (non-hydrogen) atoms. The van der Waals surface area contributed by atoms with Crippen LogP contribution in [-0.2, 0) is 0 Å². The number of nitrogens with one attached hydrogen (secondary N) is 2. The SMILES string of the molecule is Oc1nc2cc(-c3ccc4nc[nH]c4c3)ccc2[nH]1. The van der Waals surface area contributed by atoms with E-state index < -0.39 is 0 Å². The summed E-state index contributed by atoms with van der Waals surface area (Å²) in [5.74, 6) is 0. The van der Waals surface area contributed by atoms with Crippen LogP contribution in [0.2, 0.25) is 0 Å². The van der Waals surface area contributed by atoms with Crippen molar-refractivity contribution in [2.45, 2.75) is 0 Å².